The molecule has 2 aliphatic heterocycles. The molecular weight excluding hydrogens is 442 g/mol. The fraction of sp³-hybridized carbons (Fsp3) is 0.458. The minimum absolute atomic E-state index is 0.145. The summed E-state index contributed by atoms with van der Waals surface area (Å²) in [5.74, 6) is -0.146. The second-order valence-electron chi connectivity index (χ2n) is 8.38. The molecule has 1 N–H and O–H groups in total. The molecule has 0 spiro atoms. The minimum Gasteiger partial charge on any atom is -0.379 e. The molecule has 9 heteroatoms. The third kappa shape index (κ3) is 6.61. The van der Waals surface area contributed by atoms with Crippen LogP contribution in [0.4, 0.5) is 5.69 Å². The molecule has 2 fully saturated rings. The number of carbonyl (C=O) groups is 1. The molecule has 0 aromatic heterocycles. The van der Waals surface area contributed by atoms with Gasteiger partial charge in [-0.3, -0.25) is 9.69 Å². The number of hydrogen-bond donors (Lipinski definition) is 1. The van der Waals surface area contributed by atoms with Crippen molar-refractivity contribution in [3.8, 4) is 0 Å². The first-order valence-electron chi connectivity index (χ1n) is 11.4. The van der Waals surface area contributed by atoms with Gasteiger partial charge < -0.3 is 14.8 Å². The number of carbonyl (C=O) groups excluding carboxylic acids is 1. The monoisotopic (exact) mass is 473 g/mol. The number of sulfonamides is 1. The molecule has 0 saturated carbocycles. The van der Waals surface area contributed by atoms with Crippen molar-refractivity contribution in [2.45, 2.75) is 30.4 Å². The zero-order chi connectivity index (χ0) is 23.1. The Balaban J connectivity index is 1.37. The Bertz CT molecular complexity index is 1000. The molecule has 2 aromatic rings. The number of hydrogen-bond acceptors (Lipinski definition) is 6. The molecule has 1 atom stereocenters. The van der Waals surface area contributed by atoms with Crippen molar-refractivity contribution in [1.29, 1.82) is 0 Å². The van der Waals surface area contributed by atoms with Gasteiger partial charge in [-0.25, -0.2) is 8.42 Å². The maximum absolute atomic E-state index is 12.8. The van der Waals surface area contributed by atoms with Crippen molar-refractivity contribution in [2.24, 2.45) is 0 Å². The largest absolute Gasteiger partial charge is 0.379 e. The van der Waals surface area contributed by atoms with E-state index in [0.717, 1.165) is 25.0 Å². The maximum atomic E-state index is 12.8. The van der Waals surface area contributed by atoms with E-state index in [2.05, 4.69) is 10.2 Å². The van der Waals surface area contributed by atoms with E-state index < -0.39 is 10.0 Å². The summed E-state index contributed by atoms with van der Waals surface area (Å²) in [6.07, 6.45) is 2.20. The lowest BCUT2D eigenvalue weighted by Gasteiger charge is -2.26. The van der Waals surface area contributed by atoms with E-state index in [4.69, 9.17) is 9.47 Å². The van der Waals surface area contributed by atoms with Gasteiger partial charge in [-0.2, -0.15) is 4.31 Å². The highest BCUT2D eigenvalue weighted by Gasteiger charge is 2.26. The Labute approximate surface area is 195 Å². The average Bonchev–Trinajstić information content (AvgIpc) is 3.33. The average molecular weight is 474 g/mol. The molecule has 2 aliphatic rings. The molecule has 1 unspecified atom stereocenters. The van der Waals surface area contributed by atoms with Gasteiger partial charge in [0.1, 0.15) is 0 Å². The number of amides is 1. The maximum Gasteiger partial charge on any atom is 0.243 e. The number of nitrogens with zero attached hydrogens (tertiary/aromatic N) is 2. The fourth-order valence-electron chi connectivity index (χ4n) is 4.15. The third-order valence-electron chi connectivity index (χ3n) is 5.85. The number of benzene rings is 2. The van der Waals surface area contributed by atoms with Crippen molar-refractivity contribution in [2.75, 3.05) is 51.3 Å². The standard InChI is InChI=1S/C24H31N3O5S/c28-24(19-26(18-22-7-4-14-32-22)17-20-5-2-1-3-6-20)25-21-8-10-23(11-9-21)33(29,30)27-12-15-31-16-13-27/h1-3,5-6,8-11,22H,4,7,12-19H2,(H,25,28). The topological polar surface area (TPSA) is 88.2 Å². The second-order valence-corrected chi connectivity index (χ2v) is 10.3. The molecule has 8 nitrogen and oxygen atoms in total. The number of nitrogens with one attached hydrogen (secondary N) is 1. The highest BCUT2D eigenvalue weighted by atomic mass is 32.2. The van der Waals surface area contributed by atoms with Crippen LogP contribution in [0.25, 0.3) is 0 Å². The van der Waals surface area contributed by atoms with E-state index in [1.807, 2.05) is 30.3 Å². The van der Waals surface area contributed by atoms with Crippen molar-refractivity contribution in [1.82, 2.24) is 9.21 Å². The molecule has 0 aliphatic carbocycles. The van der Waals surface area contributed by atoms with Crippen LogP contribution in [0.5, 0.6) is 0 Å². The first kappa shape index (κ1) is 23.8. The highest BCUT2D eigenvalue weighted by Crippen LogP contribution is 2.20. The summed E-state index contributed by atoms with van der Waals surface area (Å²) in [7, 11) is -3.56. The van der Waals surface area contributed by atoms with Crippen LogP contribution >= 0.6 is 0 Å². The first-order valence-corrected chi connectivity index (χ1v) is 12.8. The van der Waals surface area contributed by atoms with Crippen LogP contribution in [0, 0.1) is 0 Å². The van der Waals surface area contributed by atoms with Gasteiger partial charge in [0.15, 0.2) is 0 Å². The lowest BCUT2D eigenvalue weighted by atomic mass is 10.2. The Kier molecular flexibility index (Phi) is 8.11. The van der Waals surface area contributed by atoms with Crippen molar-refractivity contribution in [3.05, 3.63) is 60.2 Å². The van der Waals surface area contributed by atoms with E-state index in [0.29, 0.717) is 45.1 Å². The third-order valence-corrected chi connectivity index (χ3v) is 7.76. The van der Waals surface area contributed by atoms with Crippen LogP contribution in [-0.4, -0.2) is 75.6 Å². The summed E-state index contributed by atoms with van der Waals surface area (Å²) < 4.78 is 38.0. The predicted molar refractivity (Wildman–Crippen MR) is 125 cm³/mol. The van der Waals surface area contributed by atoms with Gasteiger partial charge in [0, 0.05) is 38.5 Å². The summed E-state index contributed by atoms with van der Waals surface area (Å²) in [6.45, 7) is 3.85. The van der Waals surface area contributed by atoms with E-state index >= 15 is 0 Å². The van der Waals surface area contributed by atoms with E-state index in [9.17, 15) is 13.2 Å². The van der Waals surface area contributed by atoms with Crippen molar-refractivity contribution < 1.29 is 22.7 Å². The molecule has 1 amide bonds. The Morgan fingerprint density at radius 2 is 1.76 bits per heavy atom. The van der Waals surface area contributed by atoms with Gasteiger partial charge in [-0.1, -0.05) is 30.3 Å². The van der Waals surface area contributed by atoms with Gasteiger partial charge in [-0.05, 0) is 42.7 Å². The van der Waals surface area contributed by atoms with E-state index in [1.54, 1.807) is 12.1 Å². The molecule has 2 aromatic carbocycles. The number of anilines is 1. The summed E-state index contributed by atoms with van der Waals surface area (Å²) in [4.78, 5) is 15.1. The number of rotatable bonds is 9. The summed E-state index contributed by atoms with van der Waals surface area (Å²) in [5, 5.41) is 2.89. The number of morpholine rings is 1. The molecule has 0 radical (unpaired) electrons. The van der Waals surface area contributed by atoms with Gasteiger partial charge in [0.05, 0.1) is 30.8 Å². The SMILES string of the molecule is O=C(CN(Cc1ccccc1)CC1CCCO1)Nc1ccc(S(=O)(=O)N2CCOCC2)cc1. The van der Waals surface area contributed by atoms with Gasteiger partial charge in [-0.15, -0.1) is 0 Å². The molecule has 2 heterocycles. The smallest absolute Gasteiger partial charge is 0.243 e. The second kappa shape index (κ2) is 11.2. The quantitative estimate of drug-likeness (QED) is 0.602. The Morgan fingerprint density at radius 1 is 1.03 bits per heavy atom. The molecule has 0 bridgehead atoms. The Hall–Kier alpha value is -2.30. The minimum atomic E-state index is -3.56. The molecule has 2 saturated heterocycles. The zero-order valence-corrected chi connectivity index (χ0v) is 19.5. The van der Waals surface area contributed by atoms with Crippen molar-refractivity contribution in [3.63, 3.8) is 0 Å². The summed E-state index contributed by atoms with van der Waals surface area (Å²) >= 11 is 0. The normalized spacial score (nSPS) is 19.6. The summed E-state index contributed by atoms with van der Waals surface area (Å²) in [6, 6.07) is 16.4. The van der Waals surface area contributed by atoms with Crippen LogP contribution in [0.1, 0.15) is 18.4 Å². The lowest BCUT2D eigenvalue weighted by molar-refractivity contribution is -0.117. The van der Waals surface area contributed by atoms with Crippen molar-refractivity contribution >= 4 is 21.6 Å². The van der Waals surface area contributed by atoms with Gasteiger partial charge in [0.25, 0.3) is 0 Å². The molecular formula is C24H31N3O5S. The van der Waals surface area contributed by atoms with Gasteiger partial charge >= 0.3 is 0 Å². The van der Waals surface area contributed by atoms with Crippen LogP contribution in [0.15, 0.2) is 59.5 Å². The number of ether oxygens (including phenoxy) is 2. The van der Waals surface area contributed by atoms with E-state index in [-0.39, 0.29) is 23.5 Å². The fourth-order valence-corrected chi connectivity index (χ4v) is 5.56. The van der Waals surface area contributed by atoms with Crippen LogP contribution in [0.2, 0.25) is 0 Å². The van der Waals surface area contributed by atoms with Gasteiger partial charge in [0.2, 0.25) is 15.9 Å². The zero-order valence-electron chi connectivity index (χ0n) is 18.7. The summed E-state index contributed by atoms with van der Waals surface area (Å²) in [5.41, 5.74) is 1.71. The molecule has 4 rings (SSSR count). The van der Waals surface area contributed by atoms with Crippen LogP contribution in [0.3, 0.4) is 0 Å². The van der Waals surface area contributed by atoms with Crippen LogP contribution < -0.4 is 5.32 Å². The van der Waals surface area contributed by atoms with Crippen LogP contribution in [-0.2, 0) is 30.8 Å². The Morgan fingerprint density at radius 3 is 2.42 bits per heavy atom. The molecule has 33 heavy (non-hydrogen) atoms. The predicted octanol–water partition coefficient (Wildman–Crippen LogP) is 2.33. The highest BCUT2D eigenvalue weighted by molar-refractivity contribution is 7.89. The van der Waals surface area contributed by atoms with E-state index in [1.165, 1.54) is 16.4 Å². The first-order chi connectivity index (χ1) is 16.0. The lowest BCUT2D eigenvalue weighted by Crippen LogP contribution is -2.40. The molecule has 178 valence electrons.